The first-order chi connectivity index (χ1) is 7.72. The Morgan fingerprint density at radius 3 is 2.88 bits per heavy atom. The highest BCUT2D eigenvalue weighted by atomic mass is 19.1. The molecule has 0 bridgehead atoms. The van der Waals surface area contributed by atoms with Crippen LogP contribution in [0.15, 0.2) is 35.1 Å². The van der Waals surface area contributed by atoms with Gasteiger partial charge in [0.2, 0.25) is 0 Å². The van der Waals surface area contributed by atoms with E-state index in [4.69, 9.17) is 0 Å². The maximum atomic E-state index is 13.5. The lowest BCUT2D eigenvalue weighted by molar-refractivity contribution is 0.606. The van der Waals surface area contributed by atoms with Crippen LogP contribution in [0.3, 0.4) is 0 Å². The van der Waals surface area contributed by atoms with E-state index in [9.17, 15) is 9.18 Å². The van der Waals surface area contributed by atoms with Crippen molar-refractivity contribution < 1.29 is 4.39 Å². The number of benzene rings is 1. The Morgan fingerprint density at radius 1 is 1.44 bits per heavy atom. The SMILES string of the molecule is CNCc1cc(=O)n(-c2ccccc2F)[nH]1. The molecule has 16 heavy (non-hydrogen) atoms. The number of halogens is 1. The summed E-state index contributed by atoms with van der Waals surface area (Å²) >= 11 is 0. The third-order valence-electron chi connectivity index (χ3n) is 2.23. The van der Waals surface area contributed by atoms with Gasteiger partial charge in [0, 0.05) is 12.6 Å². The quantitative estimate of drug-likeness (QED) is 0.813. The standard InChI is InChI=1S/C11H12FN3O/c1-13-7-8-6-11(16)15(14-8)10-5-3-2-4-9(10)12/h2-6,13-14H,7H2,1H3. The summed E-state index contributed by atoms with van der Waals surface area (Å²) in [4.78, 5) is 11.6. The number of hydrogen-bond donors (Lipinski definition) is 2. The first-order valence-electron chi connectivity index (χ1n) is 4.93. The summed E-state index contributed by atoms with van der Waals surface area (Å²) in [5, 5.41) is 5.75. The van der Waals surface area contributed by atoms with Gasteiger partial charge in [0.1, 0.15) is 11.5 Å². The van der Waals surface area contributed by atoms with Crippen LogP contribution in [0.25, 0.3) is 5.69 Å². The van der Waals surface area contributed by atoms with Gasteiger partial charge < -0.3 is 5.32 Å². The van der Waals surface area contributed by atoms with Gasteiger partial charge in [-0.25, -0.2) is 9.07 Å². The summed E-state index contributed by atoms with van der Waals surface area (Å²) < 4.78 is 14.7. The van der Waals surface area contributed by atoms with Crippen molar-refractivity contribution in [2.75, 3.05) is 7.05 Å². The third kappa shape index (κ3) is 1.90. The Balaban J connectivity index is 2.48. The van der Waals surface area contributed by atoms with E-state index >= 15 is 0 Å². The van der Waals surface area contributed by atoms with E-state index in [1.807, 2.05) is 0 Å². The molecule has 1 aromatic carbocycles. The van der Waals surface area contributed by atoms with Crippen LogP contribution in [0.2, 0.25) is 0 Å². The normalized spacial score (nSPS) is 10.6. The van der Waals surface area contributed by atoms with Gasteiger partial charge in [0.25, 0.3) is 5.56 Å². The van der Waals surface area contributed by atoms with Crippen molar-refractivity contribution in [3.8, 4) is 5.69 Å². The molecule has 2 rings (SSSR count). The summed E-state index contributed by atoms with van der Waals surface area (Å²) in [5.41, 5.74) is 0.681. The van der Waals surface area contributed by atoms with Gasteiger partial charge in [-0.15, -0.1) is 0 Å². The minimum atomic E-state index is -0.428. The molecule has 4 nitrogen and oxygen atoms in total. The molecule has 0 saturated carbocycles. The average Bonchev–Trinajstić information content (AvgIpc) is 2.61. The molecule has 1 aromatic heterocycles. The smallest absolute Gasteiger partial charge is 0.271 e. The third-order valence-corrected chi connectivity index (χ3v) is 2.23. The van der Waals surface area contributed by atoms with Crippen molar-refractivity contribution in [2.24, 2.45) is 0 Å². The van der Waals surface area contributed by atoms with Gasteiger partial charge in [-0.05, 0) is 19.2 Å². The predicted molar refractivity (Wildman–Crippen MR) is 59.1 cm³/mol. The van der Waals surface area contributed by atoms with Crippen LogP contribution in [0.4, 0.5) is 4.39 Å². The van der Waals surface area contributed by atoms with Crippen molar-refractivity contribution in [1.82, 2.24) is 15.1 Å². The zero-order valence-electron chi connectivity index (χ0n) is 8.83. The van der Waals surface area contributed by atoms with E-state index in [-0.39, 0.29) is 11.2 Å². The van der Waals surface area contributed by atoms with E-state index in [0.717, 1.165) is 5.69 Å². The molecule has 0 aliphatic rings. The Bertz CT molecular complexity index is 544. The molecule has 0 saturated heterocycles. The van der Waals surface area contributed by atoms with Crippen LogP contribution in [-0.4, -0.2) is 16.8 Å². The van der Waals surface area contributed by atoms with Gasteiger partial charge in [-0.3, -0.25) is 9.89 Å². The molecule has 84 valence electrons. The van der Waals surface area contributed by atoms with Gasteiger partial charge in [-0.2, -0.15) is 0 Å². The summed E-state index contributed by atoms with van der Waals surface area (Å²) in [6.07, 6.45) is 0. The lowest BCUT2D eigenvalue weighted by Crippen LogP contribution is -2.14. The highest BCUT2D eigenvalue weighted by Crippen LogP contribution is 2.09. The highest BCUT2D eigenvalue weighted by Gasteiger charge is 2.08. The Morgan fingerprint density at radius 2 is 2.19 bits per heavy atom. The van der Waals surface area contributed by atoms with Crippen LogP contribution in [0, 0.1) is 5.82 Å². The lowest BCUT2D eigenvalue weighted by atomic mass is 10.3. The van der Waals surface area contributed by atoms with Crippen molar-refractivity contribution in [1.29, 1.82) is 0 Å². The maximum absolute atomic E-state index is 13.5. The summed E-state index contributed by atoms with van der Waals surface area (Å²) in [5.74, 6) is -0.428. The second-order valence-electron chi connectivity index (χ2n) is 3.44. The molecular weight excluding hydrogens is 209 g/mol. The number of rotatable bonds is 3. The molecule has 0 radical (unpaired) electrons. The molecule has 0 spiro atoms. The molecule has 2 N–H and O–H groups in total. The van der Waals surface area contributed by atoms with Crippen molar-refractivity contribution in [2.45, 2.75) is 6.54 Å². The van der Waals surface area contributed by atoms with Crippen LogP contribution >= 0.6 is 0 Å². The number of para-hydroxylation sites is 1. The summed E-state index contributed by atoms with van der Waals surface area (Å²) in [7, 11) is 1.78. The van der Waals surface area contributed by atoms with E-state index in [1.165, 1.54) is 16.8 Å². The lowest BCUT2D eigenvalue weighted by Gasteiger charge is -2.02. The fourth-order valence-electron chi connectivity index (χ4n) is 1.54. The topological polar surface area (TPSA) is 49.8 Å². The minimum absolute atomic E-state index is 0.231. The van der Waals surface area contributed by atoms with Crippen LogP contribution < -0.4 is 10.9 Å². The van der Waals surface area contributed by atoms with Gasteiger partial charge >= 0.3 is 0 Å². The average molecular weight is 221 g/mol. The molecule has 0 fully saturated rings. The molecule has 2 aromatic rings. The second kappa shape index (κ2) is 4.32. The molecule has 0 aliphatic heterocycles. The summed E-state index contributed by atoms with van der Waals surface area (Å²) in [6.45, 7) is 0.538. The maximum Gasteiger partial charge on any atom is 0.271 e. The van der Waals surface area contributed by atoms with Gasteiger partial charge in [0.05, 0.1) is 5.69 Å². The molecule has 0 unspecified atom stereocenters. The molecule has 1 heterocycles. The number of nitrogens with one attached hydrogen (secondary N) is 2. The molecular formula is C11H12FN3O. The molecule has 0 aliphatic carbocycles. The zero-order valence-corrected chi connectivity index (χ0v) is 8.83. The fraction of sp³-hybridized carbons (Fsp3) is 0.182. The van der Waals surface area contributed by atoms with Crippen LogP contribution in [0.5, 0.6) is 0 Å². The first kappa shape index (κ1) is 10.6. The van der Waals surface area contributed by atoms with E-state index in [1.54, 1.807) is 25.2 Å². The molecule has 0 atom stereocenters. The van der Waals surface area contributed by atoms with E-state index in [0.29, 0.717) is 6.54 Å². The number of aromatic nitrogens is 2. The summed E-state index contributed by atoms with van der Waals surface area (Å²) in [6, 6.07) is 7.59. The van der Waals surface area contributed by atoms with E-state index < -0.39 is 5.82 Å². The Kier molecular flexibility index (Phi) is 2.87. The minimum Gasteiger partial charge on any atom is -0.314 e. The number of hydrogen-bond acceptors (Lipinski definition) is 2. The first-order valence-corrected chi connectivity index (χ1v) is 4.93. The van der Waals surface area contributed by atoms with Crippen LogP contribution in [0.1, 0.15) is 5.69 Å². The van der Waals surface area contributed by atoms with Crippen molar-refractivity contribution in [3.63, 3.8) is 0 Å². The Hall–Kier alpha value is -1.88. The number of H-pyrrole nitrogens is 1. The van der Waals surface area contributed by atoms with Gasteiger partial charge in [0.15, 0.2) is 0 Å². The molecule has 5 heteroatoms. The van der Waals surface area contributed by atoms with Crippen molar-refractivity contribution in [3.05, 3.63) is 52.2 Å². The number of nitrogens with zero attached hydrogens (tertiary/aromatic N) is 1. The fourth-order valence-corrected chi connectivity index (χ4v) is 1.54. The largest absolute Gasteiger partial charge is 0.314 e. The predicted octanol–water partition coefficient (Wildman–Crippen LogP) is 1.02. The number of aromatic amines is 1. The van der Waals surface area contributed by atoms with Gasteiger partial charge in [-0.1, -0.05) is 12.1 Å². The highest BCUT2D eigenvalue weighted by molar-refractivity contribution is 5.32. The zero-order chi connectivity index (χ0) is 11.5. The molecule has 0 amide bonds. The van der Waals surface area contributed by atoms with E-state index in [2.05, 4.69) is 10.4 Å². The van der Waals surface area contributed by atoms with Crippen molar-refractivity contribution >= 4 is 0 Å². The second-order valence-corrected chi connectivity index (χ2v) is 3.44. The monoisotopic (exact) mass is 221 g/mol. The van der Waals surface area contributed by atoms with Crippen LogP contribution in [-0.2, 0) is 6.54 Å². The Labute approximate surface area is 91.7 Å².